The first-order valence-electron chi connectivity index (χ1n) is 6.41. The lowest BCUT2D eigenvalue weighted by atomic mass is 9.96. The van der Waals surface area contributed by atoms with Crippen LogP contribution in [0.15, 0.2) is 40.9 Å². The van der Waals surface area contributed by atoms with Crippen LogP contribution in [-0.2, 0) is 0 Å². The average molecular weight is 351 g/mol. The third kappa shape index (κ3) is 2.65. The van der Waals surface area contributed by atoms with Crippen LogP contribution in [0.1, 0.15) is 28.4 Å². The molecule has 1 atom stereocenters. The van der Waals surface area contributed by atoms with Crippen LogP contribution in [-0.4, -0.2) is 12.9 Å². The van der Waals surface area contributed by atoms with Crippen LogP contribution >= 0.6 is 15.9 Å². The molecule has 2 aromatic rings. The quantitative estimate of drug-likeness (QED) is 0.809. The van der Waals surface area contributed by atoms with Crippen LogP contribution in [0, 0.1) is 5.82 Å². The minimum Gasteiger partial charge on any atom is -0.496 e. The summed E-state index contributed by atoms with van der Waals surface area (Å²) in [7, 11) is 1.56. The van der Waals surface area contributed by atoms with E-state index in [0.717, 1.165) is 10.0 Å². The van der Waals surface area contributed by atoms with Gasteiger partial charge in [0.1, 0.15) is 23.4 Å². The molecule has 0 fully saturated rings. The second kappa shape index (κ2) is 5.48. The number of fused-ring (bicyclic) bond motifs is 1. The zero-order chi connectivity index (χ0) is 15.0. The van der Waals surface area contributed by atoms with Crippen LogP contribution in [0.3, 0.4) is 0 Å². The predicted octanol–water partition coefficient (Wildman–Crippen LogP) is 4.30. The Bertz CT molecular complexity index is 715. The predicted molar refractivity (Wildman–Crippen MR) is 79.4 cm³/mol. The van der Waals surface area contributed by atoms with Gasteiger partial charge in [-0.2, -0.15) is 0 Å². The van der Waals surface area contributed by atoms with Gasteiger partial charge in [-0.25, -0.2) is 4.39 Å². The van der Waals surface area contributed by atoms with Crippen molar-refractivity contribution in [3.63, 3.8) is 0 Å². The SMILES string of the molecule is COc1ccc(Br)cc1C1CC(=O)c2ccc(F)cc2O1. The van der Waals surface area contributed by atoms with E-state index in [-0.39, 0.29) is 18.0 Å². The van der Waals surface area contributed by atoms with Gasteiger partial charge in [-0.3, -0.25) is 4.79 Å². The third-order valence-corrected chi connectivity index (χ3v) is 3.92. The zero-order valence-electron chi connectivity index (χ0n) is 11.2. The molecule has 0 bridgehead atoms. The molecular formula is C16H12BrFO3. The molecule has 0 N–H and O–H groups in total. The molecule has 0 aliphatic carbocycles. The molecule has 0 saturated heterocycles. The lowest BCUT2D eigenvalue weighted by molar-refractivity contribution is 0.0846. The van der Waals surface area contributed by atoms with E-state index in [1.165, 1.54) is 18.2 Å². The van der Waals surface area contributed by atoms with Crippen LogP contribution < -0.4 is 9.47 Å². The van der Waals surface area contributed by atoms with E-state index in [9.17, 15) is 9.18 Å². The number of hydrogen-bond acceptors (Lipinski definition) is 3. The number of methoxy groups -OCH3 is 1. The number of carbonyl (C=O) groups is 1. The summed E-state index contributed by atoms with van der Waals surface area (Å²) >= 11 is 3.39. The van der Waals surface area contributed by atoms with Gasteiger partial charge in [-0.1, -0.05) is 15.9 Å². The fourth-order valence-corrected chi connectivity index (χ4v) is 2.81. The van der Waals surface area contributed by atoms with Gasteiger partial charge in [0.15, 0.2) is 5.78 Å². The molecule has 1 heterocycles. The lowest BCUT2D eigenvalue weighted by Crippen LogP contribution is -2.21. The van der Waals surface area contributed by atoms with Crippen molar-refractivity contribution in [3.05, 3.63) is 57.8 Å². The Morgan fingerprint density at radius 1 is 1.29 bits per heavy atom. The summed E-state index contributed by atoms with van der Waals surface area (Å²) < 4.78 is 25.3. The third-order valence-electron chi connectivity index (χ3n) is 3.42. The number of Topliss-reactive ketones (excluding diaryl/α,β-unsaturated/α-hetero) is 1. The van der Waals surface area contributed by atoms with Gasteiger partial charge >= 0.3 is 0 Å². The average Bonchev–Trinajstić information content (AvgIpc) is 2.46. The minimum atomic E-state index is -0.487. The summed E-state index contributed by atoms with van der Waals surface area (Å²) in [6, 6.07) is 9.46. The van der Waals surface area contributed by atoms with Crippen molar-refractivity contribution in [1.29, 1.82) is 0 Å². The molecule has 3 rings (SSSR count). The summed E-state index contributed by atoms with van der Waals surface area (Å²) in [5, 5.41) is 0. The maximum absolute atomic E-state index is 13.3. The number of carbonyl (C=O) groups excluding carboxylic acids is 1. The zero-order valence-corrected chi connectivity index (χ0v) is 12.8. The maximum Gasteiger partial charge on any atom is 0.170 e. The molecular weight excluding hydrogens is 339 g/mol. The highest BCUT2D eigenvalue weighted by Gasteiger charge is 2.29. The first kappa shape index (κ1) is 14.1. The minimum absolute atomic E-state index is 0.0664. The van der Waals surface area contributed by atoms with Gasteiger partial charge in [0.05, 0.1) is 19.1 Å². The van der Waals surface area contributed by atoms with Crippen LogP contribution in [0.25, 0.3) is 0 Å². The molecule has 0 aromatic heterocycles. The number of halogens is 2. The molecule has 2 aromatic carbocycles. The molecule has 108 valence electrons. The number of ether oxygens (including phenoxy) is 2. The molecule has 3 nitrogen and oxygen atoms in total. The Kier molecular flexibility index (Phi) is 3.68. The van der Waals surface area contributed by atoms with Crippen LogP contribution in [0.2, 0.25) is 0 Å². The van der Waals surface area contributed by atoms with Crippen molar-refractivity contribution >= 4 is 21.7 Å². The number of rotatable bonds is 2. The number of ketones is 1. The van der Waals surface area contributed by atoms with Gasteiger partial charge in [-0.15, -0.1) is 0 Å². The van der Waals surface area contributed by atoms with E-state index in [4.69, 9.17) is 9.47 Å². The van der Waals surface area contributed by atoms with E-state index in [2.05, 4.69) is 15.9 Å². The molecule has 0 amide bonds. The van der Waals surface area contributed by atoms with E-state index in [1.807, 2.05) is 12.1 Å². The van der Waals surface area contributed by atoms with Crippen LogP contribution in [0.5, 0.6) is 11.5 Å². The molecule has 1 unspecified atom stereocenters. The van der Waals surface area contributed by atoms with Gasteiger partial charge in [0, 0.05) is 16.1 Å². The summed E-state index contributed by atoms with van der Waals surface area (Å²) in [5.74, 6) is 0.417. The van der Waals surface area contributed by atoms with Gasteiger partial charge in [0.2, 0.25) is 0 Å². The number of hydrogen-bond donors (Lipinski definition) is 0. The number of benzene rings is 2. The van der Waals surface area contributed by atoms with Crippen molar-refractivity contribution in [2.24, 2.45) is 0 Å². The molecule has 1 aliphatic heterocycles. The van der Waals surface area contributed by atoms with Crippen molar-refractivity contribution in [2.75, 3.05) is 7.11 Å². The van der Waals surface area contributed by atoms with Gasteiger partial charge < -0.3 is 9.47 Å². The Hall–Kier alpha value is -1.88. The maximum atomic E-state index is 13.3. The Morgan fingerprint density at radius 2 is 2.10 bits per heavy atom. The first-order valence-corrected chi connectivity index (χ1v) is 7.20. The fraction of sp³-hybridized carbons (Fsp3) is 0.188. The Labute approximate surface area is 129 Å². The summed E-state index contributed by atoms with van der Waals surface area (Å²) in [5.41, 5.74) is 1.18. The molecule has 0 spiro atoms. The highest BCUT2D eigenvalue weighted by atomic mass is 79.9. The van der Waals surface area contributed by atoms with E-state index >= 15 is 0 Å². The van der Waals surface area contributed by atoms with Crippen molar-refractivity contribution in [2.45, 2.75) is 12.5 Å². The molecule has 1 aliphatic rings. The molecule has 0 radical (unpaired) electrons. The smallest absolute Gasteiger partial charge is 0.170 e. The molecule has 5 heteroatoms. The Balaban J connectivity index is 2.03. The fourth-order valence-electron chi connectivity index (χ4n) is 2.43. The van der Waals surface area contributed by atoms with Gasteiger partial charge in [0.25, 0.3) is 0 Å². The second-order valence-corrected chi connectivity index (χ2v) is 5.68. The van der Waals surface area contributed by atoms with Crippen molar-refractivity contribution in [1.82, 2.24) is 0 Å². The first-order chi connectivity index (χ1) is 10.1. The van der Waals surface area contributed by atoms with E-state index in [1.54, 1.807) is 13.2 Å². The summed E-state index contributed by atoms with van der Waals surface area (Å²) in [6.07, 6.45) is -0.287. The summed E-state index contributed by atoms with van der Waals surface area (Å²) in [4.78, 5) is 12.2. The van der Waals surface area contributed by atoms with Gasteiger partial charge in [-0.05, 0) is 30.3 Å². The lowest BCUT2D eigenvalue weighted by Gasteiger charge is -2.26. The molecule has 0 saturated carbocycles. The summed E-state index contributed by atoms with van der Waals surface area (Å²) in [6.45, 7) is 0. The van der Waals surface area contributed by atoms with Crippen molar-refractivity contribution in [3.8, 4) is 11.5 Å². The highest BCUT2D eigenvalue weighted by molar-refractivity contribution is 9.10. The van der Waals surface area contributed by atoms with Crippen molar-refractivity contribution < 1.29 is 18.7 Å². The Morgan fingerprint density at radius 3 is 2.86 bits per heavy atom. The van der Waals surface area contributed by atoms with E-state index in [0.29, 0.717) is 11.3 Å². The monoisotopic (exact) mass is 350 g/mol. The molecule has 21 heavy (non-hydrogen) atoms. The van der Waals surface area contributed by atoms with E-state index < -0.39 is 11.9 Å². The normalized spacial score (nSPS) is 17.1. The second-order valence-electron chi connectivity index (χ2n) is 4.76. The van der Waals surface area contributed by atoms with Crippen LogP contribution in [0.4, 0.5) is 4.39 Å². The topological polar surface area (TPSA) is 35.5 Å². The highest BCUT2D eigenvalue weighted by Crippen LogP contribution is 2.39. The largest absolute Gasteiger partial charge is 0.496 e. The standard InChI is InChI=1S/C16H12BrFO3/c1-20-14-5-2-9(17)6-12(14)16-8-13(19)11-4-3-10(18)7-15(11)21-16/h2-7,16H,8H2,1H3.